The van der Waals surface area contributed by atoms with Gasteiger partial charge in [-0.1, -0.05) is 0 Å². The minimum atomic E-state index is 0.927. The van der Waals surface area contributed by atoms with Crippen LogP contribution in [0.3, 0.4) is 0 Å². The second-order valence-electron chi connectivity index (χ2n) is 2.73. The van der Waals surface area contributed by atoms with E-state index < -0.39 is 0 Å². The molecule has 0 amide bonds. The molecule has 0 saturated carbocycles. The Kier molecular flexibility index (Phi) is 1.16. The van der Waals surface area contributed by atoms with E-state index >= 15 is 0 Å². The topological polar surface area (TPSA) is 38.0 Å². The summed E-state index contributed by atoms with van der Waals surface area (Å²) in [5, 5.41) is 12.9. The van der Waals surface area contributed by atoms with E-state index in [9.17, 15) is 0 Å². The van der Waals surface area contributed by atoms with Gasteiger partial charge in [0.2, 0.25) is 0 Å². The van der Waals surface area contributed by atoms with Crippen LogP contribution in [0.2, 0.25) is 0 Å². The minimum absolute atomic E-state index is 0.927. The maximum absolute atomic E-state index is 8.93. The van der Waals surface area contributed by atoms with Crippen molar-refractivity contribution < 1.29 is 5.21 Å². The second-order valence-corrected chi connectivity index (χ2v) is 2.73. The zero-order chi connectivity index (χ0) is 6.97. The standard InChI is InChI=1S/C7H10N2O/c10-9-5-6-3-1-2-4-7(6)8-9/h5,10H,1-4H2. The van der Waals surface area contributed by atoms with Gasteiger partial charge in [-0.3, -0.25) is 0 Å². The van der Waals surface area contributed by atoms with Crippen LogP contribution in [0.25, 0.3) is 0 Å². The molecule has 0 bridgehead atoms. The average Bonchev–Trinajstić information content (AvgIpc) is 2.27. The van der Waals surface area contributed by atoms with Crippen molar-refractivity contribution in [3.05, 3.63) is 17.5 Å². The van der Waals surface area contributed by atoms with Gasteiger partial charge >= 0.3 is 0 Å². The number of hydrogen-bond donors (Lipinski definition) is 1. The minimum Gasteiger partial charge on any atom is -0.412 e. The lowest BCUT2D eigenvalue weighted by Crippen LogP contribution is -1.99. The van der Waals surface area contributed by atoms with Crippen molar-refractivity contribution in [1.29, 1.82) is 0 Å². The molecule has 0 radical (unpaired) electrons. The van der Waals surface area contributed by atoms with Gasteiger partial charge in [-0.15, -0.1) is 9.94 Å². The Morgan fingerprint density at radius 1 is 1.40 bits per heavy atom. The van der Waals surface area contributed by atoms with Crippen LogP contribution in [-0.2, 0) is 12.8 Å². The Morgan fingerprint density at radius 2 is 2.20 bits per heavy atom. The molecule has 1 aromatic rings. The summed E-state index contributed by atoms with van der Waals surface area (Å²) in [6.45, 7) is 0. The first-order valence-electron chi connectivity index (χ1n) is 3.63. The maximum atomic E-state index is 8.93. The zero-order valence-electron chi connectivity index (χ0n) is 5.75. The number of aromatic nitrogens is 2. The molecular weight excluding hydrogens is 128 g/mol. The van der Waals surface area contributed by atoms with E-state index in [0.717, 1.165) is 23.4 Å². The van der Waals surface area contributed by atoms with Crippen LogP contribution in [0.15, 0.2) is 6.20 Å². The molecule has 3 nitrogen and oxygen atoms in total. The van der Waals surface area contributed by atoms with E-state index in [1.54, 1.807) is 6.20 Å². The summed E-state index contributed by atoms with van der Waals surface area (Å²) in [4.78, 5) is 0.927. The first kappa shape index (κ1) is 5.77. The third-order valence-electron chi connectivity index (χ3n) is 1.97. The monoisotopic (exact) mass is 138 g/mol. The molecule has 54 valence electrons. The second kappa shape index (κ2) is 2.01. The predicted molar refractivity (Wildman–Crippen MR) is 36.1 cm³/mol. The lowest BCUT2D eigenvalue weighted by molar-refractivity contribution is 0.147. The van der Waals surface area contributed by atoms with Gasteiger partial charge in [-0.05, 0) is 31.2 Å². The molecule has 2 rings (SSSR count). The van der Waals surface area contributed by atoms with Crippen molar-refractivity contribution in [3.63, 3.8) is 0 Å². The SMILES string of the molecule is On1cc2c(n1)CCCC2. The van der Waals surface area contributed by atoms with Crippen molar-refractivity contribution in [2.24, 2.45) is 0 Å². The fraction of sp³-hybridized carbons (Fsp3) is 0.571. The summed E-state index contributed by atoms with van der Waals surface area (Å²) in [5.74, 6) is 0. The highest BCUT2D eigenvalue weighted by atomic mass is 16.5. The molecule has 0 aromatic carbocycles. The van der Waals surface area contributed by atoms with E-state index in [1.165, 1.54) is 18.4 Å². The quantitative estimate of drug-likeness (QED) is 0.543. The maximum Gasteiger partial charge on any atom is 0.0699 e. The molecule has 1 aromatic heterocycles. The van der Waals surface area contributed by atoms with Crippen LogP contribution in [0.4, 0.5) is 0 Å². The van der Waals surface area contributed by atoms with Crippen LogP contribution in [0.5, 0.6) is 0 Å². The molecule has 0 aliphatic heterocycles. The highest BCUT2D eigenvalue weighted by Crippen LogP contribution is 2.18. The lowest BCUT2D eigenvalue weighted by atomic mass is 9.99. The molecule has 1 aliphatic rings. The average molecular weight is 138 g/mol. The van der Waals surface area contributed by atoms with Gasteiger partial charge in [0.1, 0.15) is 0 Å². The third kappa shape index (κ3) is 0.781. The fourth-order valence-corrected chi connectivity index (χ4v) is 1.46. The summed E-state index contributed by atoms with van der Waals surface area (Å²) in [6.07, 6.45) is 6.26. The Hall–Kier alpha value is -0.990. The van der Waals surface area contributed by atoms with Gasteiger partial charge in [0.05, 0.1) is 11.9 Å². The number of aryl methyl sites for hydroxylation is 2. The van der Waals surface area contributed by atoms with Crippen LogP contribution >= 0.6 is 0 Å². The van der Waals surface area contributed by atoms with Crippen molar-refractivity contribution in [1.82, 2.24) is 9.94 Å². The zero-order valence-corrected chi connectivity index (χ0v) is 5.75. The molecule has 1 aliphatic carbocycles. The van der Waals surface area contributed by atoms with E-state index in [2.05, 4.69) is 5.10 Å². The van der Waals surface area contributed by atoms with E-state index in [0.29, 0.717) is 0 Å². The van der Waals surface area contributed by atoms with Crippen LogP contribution in [0.1, 0.15) is 24.1 Å². The van der Waals surface area contributed by atoms with E-state index in [1.807, 2.05) is 0 Å². The largest absolute Gasteiger partial charge is 0.412 e. The third-order valence-corrected chi connectivity index (χ3v) is 1.97. The van der Waals surface area contributed by atoms with Gasteiger partial charge in [0, 0.05) is 0 Å². The summed E-state index contributed by atoms with van der Waals surface area (Å²) in [5.41, 5.74) is 2.29. The number of rotatable bonds is 0. The summed E-state index contributed by atoms with van der Waals surface area (Å²) in [7, 11) is 0. The van der Waals surface area contributed by atoms with Crippen LogP contribution in [-0.4, -0.2) is 15.2 Å². The molecule has 0 atom stereocenters. The fourth-order valence-electron chi connectivity index (χ4n) is 1.46. The van der Waals surface area contributed by atoms with Crippen molar-refractivity contribution in [3.8, 4) is 0 Å². The first-order chi connectivity index (χ1) is 4.86. The Bertz CT molecular complexity index is 218. The Morgan fingerprint density at radius 3 is 3.00 bits per heavy atom. The van der Waals surface area contributed by atoms with Gasteiger partial charge < -0.3 is 5.21 Å². The van der Waals surface area contributed by atoms with Gasteiger partial charge in [0.15, 0.2) is 0 Å². The molecule has 0 saturated heterocycles. The summed E-state index contributed by atoms with van der Waals surface area (Å²) >= 11 is 0. The molecule has 1 heterocycles. The van der Waals surface area contributed by atoms with Crippen molar-refractivity contribution in [2.45, 2.75) is 25.7 Å². The highest BCUT2D eigenvalue weighted by molar-refractivity contribution is 5.18. The van der Waals surface area contributed by atoms with E-state index in [4.69, 9.17) is 5.21 Å². The van der Waals surface area contributed by atoms with Gasteiger partial charge in [-0.25, -0.2) is 0 Å². The number of fused-ring (bicyclic) bond motifs is 1. The number of nitrogens with zero attached hydrogens (tertiary/aromatic N) is 2. The van der Waals surface area contributed by atoms with Crippen LogP contribution in [0, 0.1) is 0 Å². The van der Waals surface area contributed by atoms with E-state index in [-0.39, 0.29) is 0 Å². The van der Waals surface area contributed by atoms with Crippen molar-refractivity contribution >= 4 is 0 Å². The first-order valence-corrected chi connectivity index (χ1v) is 3.63. The smallest absolute Gasteiger partial charge is 0.0699 e. The summed E-state index contributed by atoms with van der Waals surface area (Å²) in [6, 6.07) is 0. The Balaban J connectivity index is 2.41. The molecule has 0 spiro atoms. The molecule has 1 N–H and O–H groups in total. The Labute approximate surface area is 59.2 Å². The molecule has 0 unspecified atom stereocenters. The highest BCUT2D eigenvalue weighted by Gasteiger charge is 2.12. The van der Waals surface area contributed by atoms with Gasteiger partial charge in [-0.2, -0.15) is 0 Å². The molecule has 0 fully saturated rings. The van der Waals surface area contributed by atoms with Gasteiger partial charge in [0.25, 0.3) is 0 Å². The normalized spacial score (nSPS) is 16.8. The molecule has 10 heavy (non-hydrogen) atoms. The molecule has 3 heteroatoms. The number of hydrogen-bond acceptors (Lipinski definition) is 2. The van der Waals surface area contributed by atoms with Crippen molar-refractivity contribution in [2.75, 3.05) is 0 Å². The predicted octanol–water partition coefficient (Wildman–Crippen LogP) is 0.999. The molecular formula is C7H10N2O. The van der Waals surface area contributed by atoms with Crippen LogP contribution < -0.4 is 0 Å². The summed E-state index contributed by atoms with van der Waals surface area (Å²) < 4.78 is 0. The lowest BCUT2D eigenvalue weighted by Gasteiger charge is -2.06.